The maximum Gasteiger partial charge on any atom is 0.336 e. The predicted octanol–water partition coefficient (Wildman–Crippen LogP) is 6.09. The first kappa shape index (κ1) is 25.6. The van der Waals surface area contributed by atoms with E-state index >= 15 is 0 Å². The van der Waals surface area contributed by atoms with Crippen LogP contribution in [0.15, 0.2) is 73.1 Å². The Labute approximate surface area is 232 Å². The number of aromatic carboxylic acids is 1. The molecule has 3 aromatic carbocycles. The Morgan fingerprint density at radius 1 is 1.05 bits per heavy atom. The van der Waals surface area contributed by atoms with Gasteiger partial charge in [-0.15, -0.1) is 0 Å². The molecule has 40 heavy (non-hydrogen) atoms. The summed E-state index contributed by atoms with van der Waals surface area (Å²) in [5, 5.41) is 18.2. The van der Waals surface area contributed by atoms with Crippen molar-refractivity contribution in [2.75, 3.05) is 0 Å². The number of benzene rings is 3. The highest BCUT2D eigenvalue weighted by atomic mass is 16.4. The molecule has 5 aromatic rings. The maximum atomic E-state index is 13.1. The predicted molar refractivity (Wildman–Crippen MR) is 154 cm³/mol. The molecule has 1 saturated carbocycles. The molecule has 1 fully saturated rings. The molecular weight excluding hydrogens is 502 g/mol. The highest BCUT2D eigenvalue weighted by Gasteiger charge is 2.26. The average Bonchev–Trinajstić information content (AvgIpc) is 3.65. The van der Waals surface area contributed by atoms with Crippen LogP contribution in [0.3, 0.4) is 0 Å². The molecule has 0 bridgehead atoms. The first-order valence-corrected chi connectivity index (χ1v) is 13.5. The number of amides is 1. The van der Waals surface area contributed by atoms with Gasteiger partial charge in [-0.05, 0) is 80.1 Å². The fourth-order valence-corrected chi connectivity index (χ4v) is 5.23. The monoisotopic (exact) mass is 533 g/mol. The topological polar surface area (TPSA) is 102 Å². The molecule has 1 atom stereocenters. The number of aromatic nitrogens is 4. The van der Waals surface area contributed by atoms with E-state index in [1.165, 1.54) is 0 Å². The third-order valence-electron chi connectivity index (χ3n) is 7.85. The second-order valence-corrected chi connectivity index (χ2v) is 10.6. The maximum absolute atomic E-state index is 13.1. The highest BCUT2D eigenvalue weighted by Crippen LogP contribution is 2.34. The molecule has 1 aliphatic rings. The number of carboxylic acid groups (broad SMARTS) is 1. The third kappa shape index (κ3) is 4.77. The van der Waals surface area contributed by atoms with Gasteiger partial charge >= 0.3 is 5.97 Å². The van der Waals surface area contributed by atoms with Crippen LogP contribution in [0.5, 0.6) is 0 Å². The molecule has 0 aliphatic heterocycles. The zero-order valence-corrected chi connectivity index (χ0v) is 22.8. The van der Waals surface area contributed by atoms with Crippen LogP contribution in [0.1, 0.15) is 75.2 Å². The van der Waals surface area contributed by atoms with Crippen LogP contribution in [-0.2, 0) is 6.54 Å². The number of nitrogens with zero attached hydrogens (tertiary/aromatic N) is 4. The molecule has 0 saturated heterocycles. The molecule has 0 unspecified atom stereocenters. The van der Waals surface area contributed by atoms with Crippen LogP contribution < -0.4 is 5.32 Å². The lowest BCUT2D eigenvalue weighted by Gasteiger charge is -2.12. The number of carbonyl (C=O) groups excluding carboxylic acids is 1. The Bertz CT molecular complexity index is 1740. The summed E-state index contributed by atoms with van der Waals surface area (Å²) in [4.78, 5) is 29.1. The molecule has 0 spiro atoms. The van der Waals surface area contributed by atoms with Crippen molar-refractivity contribution < 1.29 is 14.7 Å². The average molecular weight is 534 g/mol. The largest absolute Gasteiger partial charge is 0.478 e. The number of rotatable bonds is 8. The second kappa shape index (κ2) is 10.1. The number of hydrogen-bond donors (Lipinski definition) is 2. The lowest BCUT2D eigenvalue weighted by molar-refractivity contribution is 0.0697. The third-order valence-corrected chi connectivity index (χ3v) is 7.85. The molecule has 1 aliphatic carbocycles. The van der Waals surface area contributed by atoms with Gasteiger partial charge in [-0.1, -0.05) is 42.5 Å². The van der Waals surface area contributed by atoms with Crippen molar-refractivity contribution in [2.45, 2.75) is 52.2 Å². The van der Waals surface area contributed by atoms with E-state index in [1.54, 1.807) is 18.5 Å². The fourth-order valence-electron chi connectivity index (χ4n) is 5.23. The van der Waals surface area contributed by atoms with E-state index in [9.17, 15) is 14.7 Å². The summed E-state index contributed by atoms with van der Waals surface area (Å²) in [6, 6.07) is 21.0. The number of fused-ring (bicyclic) bond motifs is 1. The minimum atomic E-state index is -0.937. The molecule has 0 radical (unpaired) electrons. The van der Waals surface area contributed by atoms with E-state index in [0.717, 1.165) is 46.1 Å². The summed E-state index contributed by atoms with van der Waals surface area (Å²) in [7, 11) is 0. The second-order valence-electron chi connectivity index (χ2n) is 10.6. The Hall–Kier alpha value is -4.72. The lowest BCUT2D eigenvalue weighted by atomic mass is 9.99. The van der Waals surface area contributed by atoms with E-state index in [4.69, 9.17) is 0 Å². The van der Waals surface area contributed by atoms with Crippen molar-refractivity contribution in [1.29, 1.82) is 0 Å². The van der Waals surface area contributed by atoms with Crippen LogP contribution >= 0.6 is 0 Å². The van der Waals surface area contributed by atoms with E-state index < -0.39 is 5.97 Å². The quantitative estimate of drug-likeness (QED) is 0.251. The zero-order chi connectivity index (χ0) is 28.0. The Balaban J connectivity index is 1.21. The summed E-state index contributed by atoms with van der Waals surface area (Å²) in [6.07, 6.45) is 4.02. The normalized spacial score (nSPS) is 13.9. The van der Waals surface area contributed by atoms with Crippen molar-refractivity contribution in [1.82, 2.24) is 24.6 Å². The molecule has 8 heteroatoms. The van der Waals surface area contributed by atoms with Gasteiger partial charge < -0.3 is 15.0 Å². The van der Waals surface area contributed by atoms with Crippen LogP contribution in [-0.4, -0.2) is 36.3 Å². The Morgan fingerprint density at radius 2 is 1.80 bits per heavy atom. The van der Waals surface area contributed by atoms with Crippen LogP contribution in [0.25, 0.3) is 22.0 Å². The molecule has 6 rings (SSSR count). The van der Waals surface area contributed by atoms with Crippen molar-refractivity contribution in [3.8, 4) is 11.1 Å². The number of hydrogen-bond acceptors (Lipinski definition) is 4. The van der Waals surface area contributed by atoms with Crippen LogP contribution in [0.2, 0.25) is 0 Å². The summed E-state index contributed by atoms with van der Waals surface area (Å²) in [6.45, 7) is 6.74. The minimum absolute atomic E-state index is 0.154. The van der Waals surface area contributed by atoms with E-state index in [0.29, 0.717) is 29.5 Å². The first-order chi connectivity index (χ1) is 19.3. The summed E-state index contributed by atoms with van der Waals surface area (Å²) in [5.41, 5.74) is 6.89. The van der Waals surface area contributed by atoms with Crippen molar-refractivity contribution >= 4 is 22.8 Å². The standard InChI is InChI=1S/C32H31N5O3/c1-19-21(3)36(17-22-8-10-23(11-9-22)26-6-4-5-7-27(26)32(39)40)29-15-12-24(16-28(19)29)31(38)34-20(2)30-33-18-37(35-30)25-13-14-25/h4-12,15-16,18,20,25H,13-14,17H2,1-3H3,(H,34,38)(H,39,40)/t20-/m0/s1. The van der Waals surface area contributed by atoms with Gasteiger partial charge in [0.1, 0.15) is 6.33 Å². The zero-order valence-electron chi connectivity index (χ0n) is 22.8. The number of carboxylic acids is 1. The van der Waals surface area contributed by atoms with Gasteiger partial charge in [-0.3, -0.25) is 4.79 Å². The molecule has 2 N–H and O–H groups in total. The molecular formula is C32H31N5O3. The van der Waals surface area contributed by atoms with Gasteiger partial charge in [0.05, 0.1) is 17.6 Å². The van der Waals surface area contributed by atoms with E-state index in [1.807, 2.05) is 66.2 Å². The van der Waals surface area contributed by atoms with E-state index in [-0.39, 0.29) is 17.5 Å². The summed E-state index contributed by atoms with van der Waals surface area (Å²) in [5.74, 6) is -0.468. The van der Waals surface area contributed by atoms with Gasteiger partial charge in [0.25, 0.3) is 5.91 Å². The highest BCUT2D eigenvalue weighted by molar-refractivity contribution is 5.99. The first-order valence-electron chi connectivity index (χ1n) is 13.5. The van der Waals surface area contributed by atoms with Crippen molar-refractivity contribution in [3.63, 3.8) is 0 Å². The summed E-state index contributed by atoms with van der Waals surface area (Å²) < 4.78 is 4.14. The molecule has 8 nitrogen and oxygen atoms in total. The number of carbonyl (C=O) groups is 2. The van der Waals surface area contributed by atoms with Crippen LogP contribution in [0.4, 0.5) is 0 Å². The SMILES string of the molecule is Cc1c(C)n(Cc2ccc(-c3ccccc3C(=O)O)cc2)c2ccc(C(=O)N[C@@H](C)c3ncn(C4CC4)n3)cc12. The molecule has 202 valence electrons. The van der Waals surface area contributed by atoms with Crippen molar-refractivity contribution in [2.24, 2.45) is 0 Å². The summed E-state index contributed by atoms with van der Waals surface area (Å²) >= 11 is 0. The smallest absolute Gasteiger partial charge is 0.336 e. The van der Waals surface area contributed by atoms with Crippen molar-refractivity contribution in [3.05, 3.63) is 107 Å². The van der Waals surface area contributed by atoms with Gasteiger partial charge in [0.15, 0.2) is 5.82 Å². The molecule has 1 amide bonds. The number of aryl methyl sites for hydroxylation is 1. The van der Waals surface area contributed by atoms with Crippen LogP contribution in [0, 0.1) is 13.8 Å². The van der Waals surface area contributed by atoms with Gasteiger partial charge in [0.2, 0.25) is 0 Å². The Morgan fingerprint density at radius 3 is 2.52 bits per heavy atom. The van der Waals surface area contributed by atoms with Gasteiger partial charge in [0, 0.05) is 28.7 Å². The Kier molecular flexibility index (Phi) is 6.46. The van der Waals surface area contributed by atoms with E-state index in [2.05, 4.69) is 33.8 Å². The van der Waals surface area contributed by atoms with Gasteiger partial charge in [-0.2, -0.15) is 5.10 Å². The van der Waals surface area contributed by atoms with Gasteiger partial charge in [-0.25, -0.2) is 14.5 Å². The molecule has 2 aromatic heterocycles. The number of nitrogens with one attached hydrogen (secondary N) is 1. The lowest BCUT2D eigenvalue weighted by Crippen LogP contribution is -2.27. The fraction of sp³-hybridized carbons (Fsp3) is 0.250. The molecule has 2 heterocycles. The minimum Gasteiger partial charge on any atom is -0.478 e.